The van der Waals surface area contributed by atoms with Crippen molar-refractivity contribution in [2.45, 2.75) is 13.0 Å². The van der Waals surface area contributed by atoms with Gasteiger partial charge in [0.1, 0.15) is 5.82 Å². The Hall–Kier alpha value is -0.450. The summed E-state index contributed by atoms with van der Waals surface area (Å²) >= 11 is 13.4. The number of rotatable bonds is 1. The van der Waals surface area contributed by atoms with E-state index in [1.807, 2.05) is 6.92 Å². The number of hydrogen-bond acceptors (Lipinski definition) is 3. The molecule has 0 aromatic heterocycles. The number of hydrogen-bond donors (Lipinski definition) is 1. The fraction of sp³-hybridized carbons (Fsp3) is 0.300. The molecular formula is C10H9Cl2FN2S. The summed E-state index contributed by atoms with van der Waals surface area (Å²) in [5.41, 5.74) is 0.505. The van der Waals surface area contributed by atoms with Crippen LogP contribution in [0.3, 0.4) is 0 Å². The molecule has 0 bridgehead atoms. The molecule has 2 rings (SSSR count). The predicted octanol–water partition coefficient (Wildman–Crippen LogP) is 4.04. The molecule has 16 heavy (non-hydrogen) atoms. The number of nitrogens with zero attached hydrogens (tertiary/aromatic N) is 1. The molecule has 2 nitrogen and oxygen atoms in total. The third kappa shape index (κ3) is 2.62. The van der Waals surface area contributed by atoms with Gasteiger partial charge in [-0.25, -0.2) is 4.39 Å². The molecule has 6 heteroatoms. The van der Waals surface area contributed by atoms with E-state index in [4.69, 9.17) is 23.2 Å². The second kappa shape index (κ2) is 4.82. The Bertz CT molecular complexity index is 427. The smallest absolute Gasteiger partial charge is 0.161 e. The molecule has 0 fully saturated rings. The summed E-state index contributed by atoms with van der Waals surface area (Å²) in [7, 11) is 0. The summed E-state index contributed by atoms with van der Waals surface area (Å²) in [4.78, 5) is 4.35. The lowest BCUT2D eigenvalue weighted by Gasteiger charge is -2.09. The van der Waals surface area contributed by atoms with Crippen LogP contribution >= 0.6 is 35.0 Å². The van der Waals surface area contributed by atoms with Crippen molar-refractivity contribution < 1.29 is 4.39 Å². The zero-order valence-corrected chi connectivity index (χ0v) is 10.8. The van der Waals surface area contributed by atoms with Gasteiger partial charge in [0.25, 0.3) is 0 Å². The van der Waals surface area contributed by atoms with Crippen molar-refractivity contribution in [3.8, 4) is 0 Å². The maximum Gasteiger partial charge on any atom is 0.161 e. The molecule has 0 radical (unpaired) electrons. The number of halogens is 3. The minimum Gasteiger partial charge on any atom is -0.333 e. The van der Waals surface area contributed by atoms with Gasteiger partial charge in [0.15, 0.2) is 5.17 Å². The topological polar surface area (TPSA) is 24.4 Å². The maximum absolute atomic E-state index is 13.0. The molecule has 0 saturated carbocycles. The van der Waals surface area contributed by atoms with Crippen LogP contribution in [0.5, 0.6) is 0 Å². The van der Waals surface area contributed by atoms with Crippen LogP contribution in [0.1, 0.15) is 6.92 Å². The number of nitrogens with one attached hydrogen (secondary N) is 1. The number of thioether (sulfide) groups is 1. The number of anilines is 1. The third-order valence-corrected chi connectivity index (χ3v) is 3.76. The average molecular weight is 279 g/mol. The summed E-state index contributed by atoms with van der Waals surface area (Å²) in [5.74, 6) is 0.480. The summed E-state index contributed by atoms with van der Waals surface area (Å²) in [5, 5.41) is 4.30. The molecule has 1 aromatic rings. The van der Waals surface area contributed by atoms with Crippen LogP contribution in [0.25, 0.3) is 0 Å². The fourth-order valence-corrected chi connectivity index (χ4v) is 2.77. The standard InChI is InChI=1S/C10H9Cl2FN2S/c1-5-4-16-10(14-5)15-9-7(11)2-6(13)3-8(9)12/h2-3,5H,4H2,1H3,(H,14,15). The van der Waals surface area contributed by atoms with Crippen molar-refractivity contribution >= 4 is 45.8 Å². The minimum absolute atomic E-state index is 0.257. The quantitative estimate of drug-likeness (QED) is 0.839. The largest absolute Gasteiger partial charge is 0.333 e. The Morgan fingerprint density at radius 2 is 2.06 bits per heavy atom. The van der Waals surface area contributed by atoms with E-state index in [1.165, 1.54) is 12.1 Å². The molecule has 0 spiro atoms. The second-order valence-corrected chi connectivity index (χ2v) is 5.29. The first kappa shape index (κ1) is 12.0. The van der Waals surface area contributed by atoms with Gasteiger partial charge in [-0.15, -0.1) is 0 Å². The van der Waals surface area contributed by atoms with Gasteiger partial charge in [-0.1, -0.05) is 35.0 Å². The lowest BCUT2D eigenvalue weighted by molar-refractivity contribution is 0.628. The van der Waals surface area contributed by atoms with Crippen molar-refractivity contribution in [1.29, 1.82) is 0 Å². The molecule has 0 saturated heterocycles. The van der Waals surface area contributed by atoms with Gasteiger partial charge < -0.3 is 5.32 Å². The fourth-order valence-electron chi connectivity index (χ4n) is 1.31. The number of amidine groups is 1. The first-order chi connectivity index (χ1) is 7.56. The van der Waals surface area contributed by atoms with Gasteiger partial charge in [0, 0.05) is 5.75 Å². The molecular weight excluding hydrogens is 270 g/mol. The Kier molecular flexibility index (Phi) is 3.62. The SMILES string of the molecule is CC1CSC(Nc2c(Cl)cc(F)cc2Cl)=N1. The normalized spacial score (nSPS) is 19.8. The van der Waals surface area contributed by atoms with E-state index < -0.39 is 5.82 Å². The Morgan fingerprint density at radius 1 is 1.44 bits per heavy atom. The molecule has 1 N–H and O–H groups in total. The van der Waals surface area contributed by atoms with Gasteiger partial charge in [-0.3, -0.25) is 4.99 Å². The van der Waals surface area contributed by atoms with E-state index in [1.54, 1.807) is 11.8 Å². The van der Waals surface area contributed by atoms with Gasteiger partial charge >= 0.3 is 0 Å². The highest BCUT2D eigenvalue weighted by Crippen LogP contribution is 2.33. The Morgan fingerprint density at radius 3 is 2.56 bits per heavy atom. The van der Waals surface area contributed by atoms with Crippen molar-refractivity contribution in [1.82, 2.24) is 0 Å². The van der Waals surface area contributed by atoms with Gasteiger partial charge in [-0.2, -0.15) is 0 Å². The minimum atomic E-state index is -0.449. The maximum atomic E-state index is 13.0. The summed E-state index contributed by atoms with van der Waals surface area (Å²) in [6.45, 7) is 2.02. The molecule has 1 aromatic carbocycles. The third-order valence-electron chi connectivity index (χ3n) is 2.04. The van der Waals surface area contributed by atoms with Crippen LogP contribution in [0.2, 0.25) is 10.0 Å². The first-order valence-corrected chi connectivity index (χ1v) is 6.42. The Labute approximate surface area is 107 Å². The van der Waals surface area contributed by atoms with Crippen LogP contribution < -0.4 is 5.32 Å². The van der Waals surface area contributed by atoms with Crippen LogP contribution in [0, 0.1) is 5.82 Å². The highest BCUT2D eigenvalue weighted by molar-refractivity contribution is 8.14. The Balaban J connectivity index is 2.25. The van der Waals surface area contributed by atoms with Crippen molar-refractivity contribution in [3.63, 3.8) is 0 Å². The zero-order valence-electron chi connectivity index (χ0n) is 8.43. The van der Waals surface area contributed by atoms with Gasteiger partial charge in [0.2, 0.25) is 0 Å². The van der Waals surface area contributed by atoms with E-state index in [2.05, 4.69) is 10.3 Å². The molecule has 1 unspecified atom stereocenters. The van der Waals surface area contributed by atoms with Crippen molar-refractivity contribution in [3.05, 3.63) is 28.0 Å². The van der Waals surface area contributed by atoms with Crippen LogP contribution in [-0.4, -0.2) is 17.0 Å². The number of benzene rings is 1. The average Bonchev–Trinajstić information content (AvgIpc) is 2.58. The highest BCUT2D eigenvalue weighted by atomic mass is 35.5. The molecule has 1 aliphatic heterocycles. The van der Waals surface area contributed by atoms with Crippen LogP contribution in [-0.2, 0) is 0 Å². The number of aliphatic imine (C=N–C) groups is 1. The van der Waals surface area contributed by atoms with Gasteiger partial charge in [-0.05, 0) is 19.1 Å². The molecule has 1 atom stereocenters. The molecule has 0 aliphatic carbocycles. The molecule has 1 aliphatic rings. The van der Waals surface area contributed by atoms with E-state index >= 15 is 0 Å². The second-order valence-electron chi connectivity index (χ2n) is 3.46. The predicted molar refractivity (Wildman–Crippen MR) is 69.4 cm³/mol. The van der Waals surface area contributed by atoms with Crippen molar-refractivity contribution in [2.24, 2.45) is 4.99 Å². The molecule has 0 amide bonds. The first-order valence-electron chi connectivity index (χ1n) is 4.68. The molecule has 86 valence electrons. The lowest BCUT2D eigenvalue weighted by atomic mass is 10.3. The van der Waals surface area contributed by atoms with E-state index in [0.717, 1.165) is 10.9 Å². The summed E-state index contributed by atoms with van der Waals surface area (Å²) in [6.07, 6.45) is 0. The van der Waals surface area contributed by atoms with Crippen LogP contribution in [0.15, 0.2) is 17.1 Å². The van der Waals surface area contributed by atoms with Gasteiger partial charge in [0.05, 0.1) is 21.8 Å². The van der Waals surface area contributed by atoms with Crippen LogP contribution in [0.4, 0.5) is 10.1 Å². The zero-order chi connectivity index (χ0) is 11.7. The monoisotopic (exact) mass is 278 g/mol. The summed E-state index contributed by atoms with van der Waals surface area (Å²) in [6, 6.07) is 2.73. The van der Waals surface area contributed by atoms with Crippen molar-refractivity contribution in [2.75, 3.05) is 11.1 Å². The lowest BCUT2D eigenvalue weighted by Crippen LogP contribution is -2.06. The highest BCUT2D eigenvalue weighted by Gasteiger charge is 2.16. The van der Waals surface area contributed by atoms with E-state index in [-0.39, 0.29) is 16.1 Å². The van der Waals surface area contributed by atoms with E-state index in [9.17, 15) is 4.39 Å². The van der Waals surface area contributed by atoms with E-state index in [0.29, 0.717) is 5.69 Å². The molecule has 1 heterocycles. The summed E-state index contributed by atoms with van der Waals surface area (Å²) < 4.78 is 13.0.